The summed E-state index contributed by atoms with van der Waals surface area (Å²) in [5, 5.41) is 0.559. The minimum absolute atomic E-state index is 0.126. The van der Waals surface area contributed by atoms with Crippen molar-refractivity contribution in [3.05, 3.63) is 70.8 Å². The first kappa shape index (κ1) is 19.1. The largest absolute Gasteiger partial charge is 0.485 e. The van der Waals surface area contributed by atoms with Crippen LogP contribution in [0, 0.1) is 23.7 Å². The second-order valence-corrected chi connectivity index (χ2v) is 8.63. The number of rotatable bonds is 5. The van der Waals surface area contributed by atoms with Gasteiger partial charge in [-0.25, -0.2) is 4.90 Å². The first-order valence-corrected chi connectivity index (χ1v) is 10.4. The van der Waals surface area contributed by atoms with Crippen molar-refractivity contribution in [1.29, 1.82) is 0 Å². The molecular weight excluding hydrogens is 402 g/mol. The highest BCUT2D eigenvalue weighted by Gasteiger charge is 2.60. The van der Waals surface area contributed by atoms with Crippen molar-refractivity contribution in [2.24, 2.45) is 23.7 Å². The molecule has 2 aromatic carbocycles. The third kappa shape index (κ3) is 2.96. The maximum Gasteiger partial charge on any atom is 0.238 e. The fourth-order valence-corrected chi connectivity index (χ4v) is 5.24. The summed E-state index contributed by atoms with van der Waals surface area (Å²) in [5.74, 6) is -0.153. The number of fused-ring (bicyclic) bond motifs is 5. The van der Waals surface area contributed by atoms with E-state index in [0.717, 1.165) is 6.42 Å². The van der Waals surface area contributed by atoms with Crippen molar-refractivity contribution in [2.75, 3.05) is 11.5 Å². The van der Waals surface area contributed by atoms with E-state index in [4.69, 9.17) is 16.3 Å². The maximum absolute atomic E-state index is 13.1. The van der Waals surface area contributed by atoms with E-state index in [1.54, 1.807) is 48.5 Å². The van der Waals surface area contributed by atoms with E-state index in [1.807, 2.05) is 6.92 Å². The zero-order valence-corrected chi connectivity index (χ0v) is 17.1. The third-order valence-electron chi connectivity index (χ3n) is 6.49. The van der Waals surface area contributed by atoms with Crippen LogP contribution in [-0.4, -0.2) is 24.2 Å². The standard InChI is InChI=1S/C24H20ClNO4/c1-13-9-15-10-19(13)22-21(15)23(28)26(24(22)29)17-3-2-4-18(11-17)30-12-20(27)14-5-7-16(25)8-6-14/h2-9,11,15,19,21-22H,10,12H2,1H3/t15-,19+,21+,22+/m1/s1. The highest BCUT2D eigenvalue weighted by atomic mass is 35.5. The first-order valence-electron chi connectivity index (χ1n) is 10.0. The summed E-state index contributed by atoms with van der Waals surface area (Å²) in [7, 11) is 0. The Morgan fingerprint density at radius 2 is 1.83 bits per heavy atom. The van der Waals surface area contributed by atoms with Crippen LogP contribution in [0.1, 0.15) is 23.7 Å². The Morgan fingerprint density at radius 3 is 2.60 bits per heavy atom. The number of imide groups is 1. The number of ether oxygens (including phenoxy) is 1. The van der Waals surface area contributed by atoms with Crippen LogP contribution in [0.4, 0.5) is 5.69 Å². The zero-order valence-electron chi connectivity index (χ0n) is 16.4. The van der Waals surface area contributed by atoms with Gasteiger partial charge < -0.3 is 4.74 Å². The second-order valence-electron chi connectivity index (χ2n) is 8.20. The van der Waals surface area contributed by atoms with Crippen LogP contribution >= 0.6 is 11.6 Å². The Labute approximate surface area is 179 Å². The van der Waals surface area contributed by atoms with Gasteiger partial charge in [0, 0.05) is 16.7 Å². The van der Waals surface area contributed by atoms with Crippen LogP contribution in [-0.2, 0) is 9.59 Å². The number of anilines is 1. The minimum Gasteiger partial charge on any atom is -0.485 e. The fraction of sp³-hybridized carbons (Fsp3) is 0.292. The van der Waals surface area contributed by atoms with E-state index in [1.165, 1.54) is 10.5 Å². The summed E-state index contributed by atoms with van der Waals surface area (Å²) in [6.07, 6.45) is 3.06. The summed E-state index contributed by atoms with van der Waals surface area (Å²) in [6, 6.07) is 13.4. The zero-order chi connectivity index (χ0) is 21.0. The van der Waals surface area contributed by atoms with Gasteiger partial charge in [0.15, 0.2) is 12.4 Å². The Bertz CT molecular complexity index is 1090. The van der Waals surface area contributed by atoms with E-state index in [2.05, 4.69) is 6.08 Å². The Balaban J connectivity index is 1.32. The third-order valence-corrected chi connectivity index (χ3v) is 6.74. The lowest BCUT2D eigenvalue weighted by Gasteiger charge is -2.19. The van der Waals surface area contributed by atoms with Crippen molar-refractivity contribution >= 4 is 34.9 Å². The second kappa shape index (κ2) is 7.10. The number of carbonyl (C=O) groups excluding carboxylic acids is 3. The lowest BCUT2D eigenvalue weighted by atomic mass is 9.82. The summed E-state index contributed by atoms with van der Waals surface area (Å²) in [4.78, 5) is 39.8. The predicted octanol–water partition coefficient (Wildman–Crippen LogP) is 4.30. The van der Waals surface area contributed by atoms with E-state index in [-0.39, 0.29) is 47.9 Å². The van der Waals surface area contributed by atoms with Crippen LogP contribution in [0.3, 0.4) is 0 Å². The first-order chi connectivity index (χ1) is 14.4. The summed E-state index contributed by atoms with van der Waals surface area (Å²) >= 11 is 5.85. The number of benzene rings is 2. The Hall–Kier alpha value is -2.92. The highest BCUT2D eigenvalue weighted by molar-refractivity contribution is 6.30. The molecule has 2 amide bonds. The van der Waals surface area contributed by atoms with Crippen LogP contribution in [0.25, 0.3) is 0 Å². The number of hydrogen-bond donors (Lipinski definition) is 0. The molecule has 5 rings (SSSR count). The molecule has 1 heterocycles. The fourth-order valence-electron chi connectivity index (χ4n) is 5.11. The molecule has 1 saturated heterocycles. The van der Waals surface area contributed by atoms with Gasteiger partial charge >= 0.3 is 0 Å². The molecule has 6 heteroatoms. The van der Waals surface area contributed by atoms with Crippen molar-refractivity contribution in [3.63, 3.8) is 0 Å². The molecule has 5 nitrogen and oxygen atoms in total. The van der Waals surface area contributed by atoms with Gasteiger partial charge in [-0.1, -0.05) is 29.3 Å². The number of carbonyl (C=O) groups is 3. The van der Waals surface area contributed by atoms with Gasteiger partial charge in [-0.3, -0.25) is 14.4 Å². The van der Waals surface area contributed by atoms with Gasteiger partial charge in [0.25, 0.3) is 0 Å². The molecule has 2 bridgehead atoms. The normalized spacial score (nSPS) is 26.7. The van der Waals surface area contributed by atoms with Gasteiger partial charge in [0.1, 0.15) is 5.75 Å². The molecule has 152 valence electrons. The number of hydrogen-bond acceptors (Lipinski definition) is 4. The average Bonchev–Trinajstić information content (AvgIpc) is 3.37. The van der Waals surface area contributed by atoms with Gasteiger partial charge in [-0.2, -0.15) is 0 Å². The van der Waals surface area contributed by atoms with Crippen LogP contribution in [0.5, 0.6) is 5.75 Å². The summed E-state index contributed by atoms with van der Waals surface area (Å²) in [6.45, 7) is 1.90. The lowest BCUT2D eigenvalue weighted by Crippen LogP contribution is -2.32. The van der Waals surface area contributed by atoms with E-state index in [9.17, 15) is 14.4 Å². The molecule has 0 unspecified atom stereocenters. The molecule has 2 fully saturated rings. The molecule has 2 aliphatic carbocycles. The van der Waals surface area contributed by atoms with E-state index >= 15 is 0 Å². The molecular formula is C24H20ClNO4. The van der Waals surface area contributed by atoms with Crippen LogP contribution < -0.4 is 9.64 Å². The average molecular weight is 422 g/mol. The van der Waals surface area contributed by atoms with Gasteiger partial charge in [-0.15, -0.1) is 0 Å². The van der Waals surface area contributed by atoms with Crippen molar-refractivity contribution in [2.45, 2.75) is 13.3 Å². The van der Waals surface area contributed by atoms with Crippen LogP contribution in [0.15, 0.2) is 60.2 Å². The number of halogens is 1. The quantitative estimate of drug-likeness (QED) is 0.410. The SMILES string of the molecule is CC1=C[C@@H]2C[C@@H]1[C@@H]1C(=O)N(c3cccc(OCC(=O)c4ccc(Cl)cc4)c3)C(=O)[C@H]12. The molecule has 0 spiro atoms. The van der Waals surface area contributed by atoms with E-state index in [0.29, 0.717) is 22.0 Å². The molecule has 30 heavy (non-hydrogen) atoms. The number of ketones is 1. The highest BCUT2D eigenvalue weighted by Crippen LogP contribution is 2.55. The molecule has 0 N–H and O–H groups in total. The monoisotopic (exact) mass is 421 g/mol. The lowest BCUT2D eigenvalue weighted by molar-refractivity contribution is -0.123. The molecule has 4 atom stereocenters. The molecule has 2 aromatic rings. The molecule has 1 saturated carbocycles. The topological polar surface area (TPSA) is 63.7 Å². The number of Topliss-reactive ketones (excluding diaryl/α,β-unsaturated/α-hetero) is 1. The van der Waals surface area contributed by atoms with Crippen molar-refractivity contribution in [1.82, 2.24) is 0 Å². The number of allylic oxidation sites excluding steroid dienone is 2. The van der Waals surface area contributed by atoms with Crippen molar-refractivity contribution < 1.29 is 19.1 Å². The van der Waals surface area contributed by atoms with Gasteiger partial charge in [0.2, 0.25) is 11.8 Å². The van der Waals surface area contributed by atoms with Crippen LogP contribution in [0.2, 0.25) is 5.02 Å². The molecule has 0 radical (unpaired) electrons. The summed E-state index contributed by atoms with van der Waals surface area (Å²) in [5.41, 5.74) is 2.22. The van der Waals surface area contributed by atoms with Gasteiger partial charge in [-0.05, 0) is 61.6 Å². The smallest absolute Gasteiger partial charge is 0.238 e. The van der Waals surface area contributed by atoms with Crippen molar-refractivity contribution in [3.8, 4) is 5.75 Å². The summed E-state index contributed by atoms with van der Waals surface area (Å²) < 4.78 is 5.65. The molecule has 0 aromatic heterocycles. The Morgan fingerprint density at radius 1 is 1.10 bits per heavy atom. The predicted molar refractivity (Wildman–Crippen MR) is 113 cm³/mol. The maximum atomic E-state index is 13.1. The number of nitrogens with zero attached hydrogens (tertiary/aromatic N) is 1. The van der Waals surface area contributed by atoms with Gasteiger partial charge in [0.05, 0.1) is 17.5 Å². The molecule has 3 aliphatic rings. The molecule has 1 aliphatic heterocycles. The Kier molecular flexibility index (Phi) is 4.51. The van der Waals surface area contributed by atoms with E-state index < -0.39 is 0 Å². The number of amides is 2. The minimum atomic E-state index is -0.248.